The number of fused-ring (bicyclic) bond motifs is 3. The van der Waals surface area contributed by atoms with Crippen molar-refractivity contribution in [1.29, 1.82) is 0 Å². The standard InChI is InChI=1S/C24H29N3O5S/c1-26-11-13-27(14-12-26)17-5-8-21-20(15-17)19-7-6-18(16-22(19)32-21)33(30,31)25-24(23(28)29)9-3-2-4-10-24/h5-8,15-16,25H,2-4,9-14H2,1H3,(H,28,29). The summed E-state index contributed by atoms with van der Waals surface area (Å²) in [5.41, 5.74) is 0.839. The first kappa shape index (κ1) is 22.2. The molecular weight excluding hydrogens is 442 g/mol. The molecule has 0 spiro atoms. The largest absolute Gasteiger partial charge is 0.480 e. The molecule has 33 heavy (non-hydrogen) atoms. The maximum absolute atomic E-state index is 13.1. The molecule has 1 saturated heterocycles. The Labute approximate surface area is 193 Å². The summed E-state index contributed by atoms with van der Waals surface area (Å²) in [7, 11) is -1.90. The number of likely N-dealkylation sites (N-methyl/N-ethyl adjacent to an activating group) is 1. The van der Waals surface area contributed by atoms with Crippen LogP contribution >= 0.6 is 0 Å². The third-order valence-corrected chi connectivity index (χ3v) is 8.59. The number of nitrogens with zero attached hydrogens (tertiary/aromatic N) is 2. The monoisotopic (exact) mass is 471 g/mol. The molecule has 2 N–H and O–H groups in total. The Bertz CT molecular complexity index is 1300. The van der Waals surface area contributed by atoms with Crippen LogP contribution in [0.4, 0.5) is 5.69 Å². The zero-order valence-corrected chi connectivity index (χ0v) is 19.5. The molecule has 0 bridgehead atoms. The second kappa shape index (κ2) is 8.30. The number of hydrogen-bond acceptors (Lipinski definition) is 6. The summed E-state index contributed by atoms with van der Waals surface area (Å²) in [6.07, 6.45) is 2.88. The smallest absolute Gasteiger partial charge is 0.324 e. The van der Waals surface area contributed by atoms with Crippen molar-refractivity contribution in [3.8, 4) is 0 Å². The first-order valence-electron chi connectivity index (χ1n) is 11.4. The van der Waals surface area contributed by atoms with Crippen molar-refractivity contribution >= 4 is 43.6 Å². The van der Waals surface area contributed by atoms with Gasteiger partial charge in [0.2, 0.25) is 10.0 Å². The molecule has 1 saturated carbocycles. The van der Waals surface area contributed by atoms with Gasteiger partial charge < -0.3 is 19.3 Å². The summed E-state index contributed by atoms with van der Waals surface area (Å²) in [6, 6.07) is 10.8. The van der Waals surface area contributed by atoms with Gasteiger partial charge in [-0.3, -0.25) is 4.79 Å². The SMILES string of the molecule is CN1CCN(c2ccc3oc4cc(S(=O)(=O)NC5(C(=O)O)CCCCC5)ccc4c3c2)CC1. The van der Waals surface area contributed by atoms with E-state index in [0.29, 0.717) is 36.8 Å². The summed E-state index contributed by atoms with van der Waals surface area (Å²) in [4.78, 5) is 16.6. The van der Waals surface area contributed by atoms with Crippen LogP contribution in [0.2, 0.25) is 0 Å². The van der Waals surface area contributed by atoms with E-state index in [0.717, 1.165) is 49.1 Å². The molecule has 0 atom stereocenters. The van der Waals surface area contributed by atoms with Crippen molar-refractivity contribution in [1.82, 2.24) is 9.62 Å². The van der Waals surface area contributed by atoms with Crippen molar-refractivity contribution in [3.05, 3.63) is 36.4 Å². The number of furan rings is 1. The number of sulfonamides is 1. The maximum atomic E-state index is 13.1. The fraction of sp³-hybridized carbons (Fsp3) is 0.458. The number of nitrogens with one attached hydrogen (secondary N) is 1. The number of rotatable bonds is 5. The molecule has 5 rings (SSSR count). The molecule has 1 aromatic heterocycles. The molecule has 8 nitrogen and oxygen atoms in total. The second-order valence-electron chi connectivity index (χ2n) is 9.28. The van der Waals surface area contributed by atoms with Gasteiger partial charge in [-0.25, -0.2) is 8.42 Å². The Hall–Kier alpha value is -2.62. The molecule has 0 radical (unpaired) electrons. The molecule has 9 heteroatoms. The Kier molecular flexibility index (Phi) is 5.58. The third kappa shape index (κ3) is 4.09. The number of carbonyl (C=O) groups is 1. The molecule has 1 aliphatic heterocycles. The van der Waals surface area contributed by atoms with Gasteiger partial charge in [-0.15, -0.1) is 0 Å². The Morgan fingerprint density at radius 2 is 1.70 bits per heavy atom. The van der Waals surface area contributed by atoms with Crippen LogP contribution in [0.15, 0.2) is 45.7 Å². The van der Waals surface area contributed by atoms with Gasteiger partial charge in [0, 0.05) is 48.7 Å². The lowest BCUT2D eigenvalue weighted by Crippen LogP contribution is -2.55. The van der Waals surface area contributed by atoms with Crippen LogP contribution in [0, 0.1) is 0 Å². The average Bonchev–Trinajstić information content (AvgIpc) is 3.17. The highest BCUT2D eigenvalue weighted by Crippen LogP contribution is 2.35. The van der Waals surface area contributed by atoms with Gasteiger partial charge in [-0.2, -0.15) is 4.72 Å². The first-order valence-corrected chi connectivity index (χ1v) is 12.9. The topological polar surface area (TPSA) is 103 Å². The van der Waals surface area contributed by atoms with Gasteiger partial charge in [0.1, 0.15) is 16.7 Å². The lowest BCUT2D eigenvalue weighted by atomic mass is 9.83. The highest BCUT2D eigenvalue weighted by Gasteiger charge is 2.43. The van der Waals surface area contributed by atoms with Crippen LogP contribution < -0.4 is 9.62 Å². The minimum Gasteiger partial charge on any atom is -0.480 e. The molecule has 176 valence electrons. The number of piperazine rings is 1. The van der Waals surface area contributed by atoms with E-state index < -0.39 is 21.5 Å². The summed E-state index contributed by atoms with van der Waals surface area (Å²) in [5, 5.41) is 11.5. The minimum absolute atomic E-state index is 0.0135. The van der Waals surface area contributed by atoms with E-state index in [4.69, 9.17) is 4.42 Å². The number of benzene rings is 2. The quantitative estimate of drug-likeness (QED) is 0.588. The summed E-state index contributed by atoms with van der Waals surface area (Å²) < 4.78 is 34.7. The Balaban J connectivity index is 1.48. The van der Waals surface area contributed by atoms with Crippen molar-refractivity contribution in [3.63, 3.8) is 0 Å². The van der Waals surface area contributed by atoms with Crippen molar-refractivity contribution in [2.75, 3.05) is 38.1 Å². The number of anilines is 1. The number of aliphatic carboxylic acids is 1. The molecule has 3 aromatic rings. The molecular formula is C24H29N3O5S. The summed E-state index contributed by atoms with van der Waals surface area (Å²) in [5.74, 6) is -1.12. The van der Waals surface area contributed by atoms with E-state index >= 15 is 0 Å². The molecule has 2 fully saturated rings. The number of carboxylic acids is 1. The maximum Gasteiger partial charge on any atom is 0.324 e. The zero-order valence-electron chi connectivity index (χ0n) is 18.7. The first-order chi connectivity index (χ1) is 15.8. The number of hydrogen-bond donors (Lipinski definition) is 2. The average molecular weight is 472 g/mol. The fourth-order valence-electron chi connectivity index (χ4n) is 5.01. The van der Waals surface area contributed by atoms with Crippen LogP contribution in [0.5, 0.6) is 0 Å². The van der Waals surface area contributed by atoms with E-state index in [1.54, 1.807) is 6.07 Å². The lowest BCUT2D eigenvalue weighted by Gasteiger charge is -2.34. The van der Waals surface area contributed by atoms with Gasteiger partial charge in [0.25, 0.3) is 0 Å². The van der Waals surface area contributed by atoms with Gasteiger partial charge in [-0.1, -0.05) is 19.3 Å². The number of carboxylic acid groups (broad SMARTS) is 1. The van der Waals surface area contributed by atoms with Crippen molar-refractivity contribution in [2.24, 2.45) is 0 Å². The van der Waals surface area contributed by atoms with E-state index in [2.05, 4.69) is 27.6 Å². The predicted molar refractivity (Wildman–Crippen MR) is 127 cm³/mol. The predicted octanol–water partition coefficient (Wildman–Crippen LogP) is 3.40. The van der Waals surface area contributed by atoms with E-state index in [9.17, 15) is 18.3 Å². The fourth-order valence-corrected chi connectivity index (χ4v) is 6.44. The van der Waals surface area contributed by atoms with E-state index in [1.165, 1.54) is 12.1 Å². The molecule has 2 aliphatic rings. The van der Waals surface area contributed by atoms with Crippen molar-refractivity contribution < 1.29 is 22.7 Å². The van der Waals surface area contributed by atoms with Gasteiger partial charge in [-0.05, 0) is 50.2 Å². The second-order valence-corrected chi connectivity index (χ2v) is 11.0. The van der Waals surface area contributed by atoms with Gasteiger partial charge in [0.05, 0.1) is 4.90 Å². The van der Waals surface area contributed by atoms with Gasteiger partial charge in [0.15, 0.2) is 0 Å². The van der Waals surface area contributed by atoms with Crippen LogP contribution in [-0.4, -0.2) is 63.2 Å². The van der Waals surface area contributed by atoms with Crippen LogP contribution in [0.1, 0.15) is 32.1 Å². The van der Waals surface area contributed by atoms with Gasteiger partial charge >= 0.3 is 5.97 Å². The molecule has 2 heterocycles. The van der Waals surface area contributed by atoms with Crippen LogP contribution in [-0.2, 0) is 14.8 Å². The van der Waals surface area contributed by atoms with Crippen molar-refractivity contribution in [2.45, 2.75) is 42.5 Å². The van der Waals surface area contributed by atoms with Crippen LogP contribution in [0.3, 0.4) is 0 Å². The van der Waals surface area contributed by atoms with Crippen LogP contribution in [0.25, 0.3) is 21.9 Å². The highest BCUT2D eigenvalue weighted by atomic mass is 32.2. The lowest BCUT2D eigenvalue weighted by molar-refractivity contribution is -0.145. The Morgan fingerprint density at radius 3 is 2.39 bits per heavy atom. The normalized spacial score (nSPS) is 19.8. The molecule has 0 unspecified atom stereocenters. The minimum atomic E-state index is -4.03. The zero-order chi connectivity index (χ0) is 23.2. The molecule has 1 aliphatic carbocycles. The van der Waals surface area contributed by atoms with E-state index in [-0.39, 0.29) is 4.90 Å². The highest BCUT2D eigenvalue weighted by molar-refractivity contribution is 7.89. The summed E-state index contributed by atoms with van der Waals surface area (Å²) >= 11 is 0. The molecule has 0 amide bonds. The molecule has 2 aromatic carbocycles. The third-order valence-electron chi connectivity index (χ3n) is 7.05. The Morgan fingerprint density at radius 1 is 0.970 bits per heavy atom. The summed E-state index contributed by atoms with van der Waals surface area (Å²) in [6.45, 7) is 3.93. The van der Waals surface area contributed by atoms with E-state index in [1.807, 2.05) is 12.1 Å².